The average molecular weight is 237 g/mol. The number of anilines is 1. The molecule has 0 fully saturated rings. The Morgan fingerprint density at radius 1 is 1.59 bits per heavy atom. The SMILES string of the molecule is CCC(CN)C(=O)Nc1cccc([N+](=O)[O-])c1. The molecule has 1 atom stereocenters. The molecule has 6 heteroatoms. The van der Waals surface area contributed by atoms with Gasteiger partial charge >= 0.3 is 0 Å². The van der Waals surface area contributed by atoms with Gasteiger partial charge in [0.25, 0.3) is 5.69 Å². The van der Waals surface area contributed by atoms with Gasteiger partial charge in [-0.3, -0.25) is 14.9 Å². The van der Waals surface area contributed by atoms with E-state index in [-0.39, 0.29) is 24.1 Å². The predicted molar refractivity (Wildman–Crippen MR) is 64.6 cm³/mol. The van der Waals surface area contributed by atoms with Gasteiger partial charge in [-0.1, -0.05) is 13.0 Å². The van der Waals surface area contributed by atoms with Crippen LogP contribution in [0.15, 0.2) is 24.3 Å². The van der Waals surface area contributed by atoms with E-state index in [0.717, 1.165) is 0 Å². The van der Waals surface area contributed by atoms with E-state index in [9.17, 15) is 14.9 Å². The number of non-ortho nitro benzene ring substituents is 1. The van der Waals surface area contributed by atoms with Gasteiger partial charge in [-0.05, 0) is 12.5 Å². The molecule has 1 aromatic rings. The third-order valence-corrected chi connectivity index (χ3v) is 2.47. The molecule has 0 radical (unpaired) electrons. The molecule has 0 aliphatic rings. The van der Waals surface area contributed by atoms with E-state index < -0.39 is 4.92 Å². The Hall–Kier alpha value is -1.95. The number of carbonyl (C=O) groups is 1. The standard InChI is InChI=1S/C11H15N3O3/c1-2-8(7-12)11(15)13-9-4-3-5-10(6-9)14(16)17/h3-6,8H,2,7,12H2,1H3,(H,13,15). The van der Waals surface area contributed by atoms with Crippen LogP contribution in [0.1, 0.15) is 13.3 Å². The number of hydrogen-bond donors (Lipinski definition) is 2. The number of rotatable bonds is 5. The van der Waals surface area contributed by atoms with Crippen molar-refractivity contribution in [3.8, 4) is 0 Å². The second-order valence-corrected chi connectivity index (χ2v) is 3.64. The first-order valence-corrected chi connectivity index (χ1v) is 5.33. The highest BCUT2D eigenvalue weighted by atomic mass is 16.6. The van der Waals surface area contributed by atoms with Gasteiger partial charge in [0, 0.05) is 24.4 Å². The number of nitro groups is 1. The van der Waals surface area contributed by atoms with E-state index in [4.69, 9.17) is 5.73 Å². The Balaban J connectivity index is 2.78. The van der Waals surface area contributed by atoms with Gasteiger partial charge in [-0.15, -0.1) is 0 Å². The van der Waals surface area contributed by atoms with Crippen LogP contribution >= 0.6 is 0 Å². The quantitative estimate of drug-likeness (QED) is 0.599. The molecule has 1 aromatic carbocycles. The lowest BCUT2D eigenvalue weighted by Crippen LogP contribution is -2.28. The lowest BCUT2D eigenvalue weighted by molar-refractivity contribution is -0.384. The molecule has 0 aliphatic carbocycles. The molecule has 0 bridgehead atoms. The summed E-state index contributed by atoms with van der Waals surface area (Å²) in [5, 5.41) is 13.2. The first kappa shape index (κ1) is 13.1. The van der Waals surface area contributed by atoms with Crippen LogP contribution in [0.3, 0.4) is 0 Å². The van der Waals surface area contributed by atoms with Gasteiger partial charge in [-0.25, -0.2) is 0 Å². The van der Waals surface area contributed by atoms with Crippen LogP contribution in [0.25, 0.3) is 0 Å². The summed E-state index contributed by atoms with van der Waals surface area (Å²) in [6, 6.07) is 5.82. The molecular weight excluding hydrogens is 222 g/mol. The zero-order valence-electron chi connectivity index (χ0n) is 9.55. The zero-order chi connectivity index (χ0) is 12.8. The van der Waals surface area contributed by atoms with Crippen molar-refractivity contribution in [2.45, 2.75) is 13.3 Å². The summed E-state index contributed by atoms with van der Waals surface area (Å²) in [6.45, 7) is 2.13. The number of nitro benzene ring substituents is 1. The van der Waals surface area contributed by atoms with Crippen molar-refractivity contribution in [3.05, 3.63) is 34.4 Å². The number of amides is 1. The lowest BCUT2D eigenvalue weighted by atomic mass is 10.1. The van der Waals surface area contributed by atoms with E-state index in [0.29, 0.717) is 12.1 Å². The summed E-state index contributed by atoms with van der Waals surface area (Å²) in [4.78, 5) is 21.7. The van der Waals surface area contributed by atoms with E-state index in [1.165, 1.54) is 18.2 Å². The molecule has 6 nitrogen and oxygen atoms in total. The Bertz CT molecular complexity index is 416. The van der Waals surface area contributed by atoms with E-state index in [2.05, 4.69) is 5.32 Å². The Kier molecular flexibility index (Phi) is 4.59. The summed E-state index contributed by atoms with van der Waals surface area (Å²) in [6.07, 6.45) is 0.636. The molecule has 1 rings (SSSR count). The zero-order valence-corrected chi connectivity index (χ0v) is 9.55. The minimum atomic E-state index is -0.504. The third kappa shape index (κ3) is 3.53. The summed E-state index contributed by atoms with van der Waals surface area (Å²) in [7, 11) is 0. The molecule has 17 heavy (non-hydrogen) atoms. The third-order valence-electron chi connectivity index (χ3n) is 2.47. The number of benzene rings is 1. The first-order valence-electron chi connectivity index (χ1n) is 5.33. The van der Waals surface area contributed by atoms with Crippen LogP contribution < -0.4 is 11.1 Å². The number of carbonyl (C=O) groups excluding carboxylic acids is 1. The molecule has 3 N–H and O–H groups in total. The molecule has 1 amide bonds. The normalized spacial score (nSPS) is 11.9. The lowest BCUT2D eigenvalue weighted by Gasteiger charge is -2.12. The molecule has 0 spiro atoms. The molecule has 0 saturated carbocycles. The maximum absolute atomic E-state index is 11.7. The molecule has 92 valence electrons. The van der Waals surface area contributed by atoms with Crippen LogP contribution in [0.4, 0.5) is 11.4 Å². The molecule has 1 unspecified atom stereocenters. The number of nitrogens with two attached hydrogens (primary N) is 1. The topological polar surface area (TPSA) is 98.3 Å². The second kappa shape index (κ2) is 5.95. The van der Waals surface area contributed by atoms with E-state index >= 15 is 0 Å². The largest absolute Gasteiger partial charge is 0.330 e. The van der Waals surface area contributed by atoms with Gasteiger partial charge < -0.3 is 11.1 Å². The molecule has 0 aliphatic heterocycles. The van der Waals surface area contributed by atoms with Gasteiger partial charge in [-0.2, -0.15) is 0 Å². The van der Waals surface area contributed by atoms with Crippen molar-refractivity contribution in [2.24, 2.45) is 11.7 Å². The second-order valence-electron chi connectivity index (χ2n) is 3.64. The number of nitrogens with one attached hydrogen (secondary N) is 1. The highest BCUT2D eigenvalue weighted by Crippen LogP contribution is 2.17. The molecule has 0 saturated heterocycles. The van der Waals surface area contributed by atoms with E-state index in [1.807, 2.05) is 6.92 Å². The summed E-state index contributed by atoms with van der Waals surface area (Å²) >= 11 is 0. The van der Waals surface area contributed by atoms with Crippen molar-refractivity contribution in [1.29, 1.82) is 0 Å². The minimum absolute atomic E-state index is 0.0522. The van der Waals surface area contributed by atoms with Crippen molar-refractivity contribution < 1.29 is 9.72 Å². The Labute approximate surface area is 99.0 Å². The van der Waals surface area contributed by atoms with Gasteiger partial charge in [0.1, 0.15) is 0 Å². The monoisotopic (exact) mass is 237 g/mol. The maximum atomic E-state index is 11.7. The maximum Gasteiger partial charge on any atom is 0.271 e. The van der Waals surface area contributed by atoms with Crippen LogP contribution in [0.2, 0.25) is 0 Å². The Morgan fingerprint density at radius 2 is 2.29 bits per heavy atom. The molecular formula is C11H15N3O3. The average Bonchev–Trinajstić information content (AvgIpc) is 2.30. The molecule has 0 aromatic heterocycles. The fourth-order valence-corrected chi connectivity index (χ4v) is 1.40. The number of nitrogens with zero attached hydrogens (tertiary/aromatic N) is 1. The van der Waals surface area contributed by atoms with Gasteiger partial charge in [0.15, 0.2) is 0 Å². The summed E-state index contributed by atoms with van der Waals surface area (Å²) in [5.74, 6) is -0.482. The van der Waals surface area contributed by atoms with Crippen LogP contribution in [-0.4, -0.2) is 17.4 Å². The highest BCUT2D eigenvalue weighted by molar-refractivity contribution is 5.92. The fourth-order valence-electron chi connectivity index (χ4n) is 1.40. The van der Waals surface area contributed by atoms with Crippen molar-refractivity contribution in [1.82, 2.24) is 0 Å². The van der Waals surface area contributed by atoms with Crippen LogP contribution in [0.5, 0.6) is 0 Å². The fraction of sp³-hybridized carbons (Fsp3) is 0.364. The number of hydrogen-bond acceptors (Lipinski definition) is 4. The Morgan fingerprint density at radius 3 is 2.82 bits per heavy atom. The van der Waals surface area contributed by atoms with Gasteiger partial charge in [0.05, 0.1) is 10.8 Å². The van der Waals surface area contributed by atoms with Crippen molar-refractivity contribution in [2.75, 3.05) is 11.9 Å². The highest BCUT2D eigenvalue weighted by Gasteiger charge is 2.15. The summed E-state index contributed by atoms with van der Waals surface area (Å²) in [5.41, 5.74) is 5.81. The molecule has 0 heterocycles. The van der Waals surface area contributed by atoms with Crippen LogP contribution in [0, 0.1) is 16.0 Å². The van der Waals surface area contributed by atoms with Gasteiger partial charge in [0.2, 0.25) is 5.91 Å². The smallest absolute Gasteiger partial charge is 0.271 e. The van der Waals surface area contributed by atoms with E-state index in [1.54, 1.807) is 6.07 Å². The first-order chi connectivity index (χ1) is 8.08. The van der Waals surface area contributed by atoms with Crippen molar-refractivity contribution in [3.63, 3.8) is 0 Å². The van der Waals surface area contributed by atoms with Crippen LogP contribution in [-0.2, 0) is 4.79 Å². The predicted octanol–water partition coefficient (Wildman–Crippen LogP) is 1.52. The van der Waals surface area contributed by atoms with Crippen molar-refractivity contribution >= 4 is 17.3 Å². The minimum Gasteiger partial charge on any atom is -0.330 e. The summed E-state index contributed by atoms with van der Waals surface area (Å²) < 4.78 is 0.